The number of rotatable bonds is 5. The number of benzene rings is 1. The number of carbonyl (C=O) groups excluding carboxylic acids is 1. The first kappa shape index (κ1) is 16.1. The molecule has 0 bridgehead atoms. The molecule has 1 aromatic carbocycles. The van der Waals surface area contributed by atoms with Gasteiger partial charge in [0.2, 0.25) is 5.91 Å². The van der Waals surface area contributed by atoms with E-state index in [-0.39, 0.29) is 19.1 Å². The van der Waals surface area contributed by atoms with E-state index in [4.69, 9.17) is 4.74 Å². The lowest BCUT2D eigenvalue weighted by Gasteiger charge is -2.38. The van der Waals surface area contributed by atoms with Crippen LogP contribution in [0, 0.1) is 0 Å². The van der Waals surface area contributed by atoms with Gasteiger partial charge in [0.05, 0.1) is 26.0 Å². The Bertz CT molecular complexity index is 496. The normalized spacial score (nSPS) is 22.1. The fourth-order valence-corrected chi connectivity index (χ4v) is 3.23. The molecule has 1 fully saturated rings. The number of carbonyl (C=O) groups is 1. The number of ether oxygens (including phenoxy) is 1. The van der Waals surface area contributed by atoms with Crippen LogP contribution in [-0.4, -0.2) is 59.2 Å². The van der Waals surface area contributed by atoms with E-state index in [1.165, 1.54) is 11.8 Å². The summed E-state index contributed by atoms with van der Waals surface area (Å²) in [5.41, 5.74) is -1.14. The molecular weight excluding hydrogens is 290 g/mol. The highest BCUT2D eigenvalue weighted by atomic mass is 32.2. The maximum absolute atomic E-state index is 12.2. The maximum atomic E-state index is 12.2. The lowest BCUT2D eigenvalue weighted by atomic mass is 9.94. The molecule has 1 aromatic rings. The minimum absolute atomic E-state index is 0.0191. The third-order valence-corrected chi connectivity index (χ3v) is 4.58. The van der Waals surface area contributed by atoms with Crippen LogP contribution in [0.4, 0.5) is 0 Å². The monoisotopic (exact) mass is 311 g/mol. The van der Waals surface area contributed by atoms with Gasteiger partial charge in [0, 0.05) is 11.4 Å². The number of amides is 1. The van der Waals surface area contributed by atoms with Gasteiger partial charge in [-0.25, -0.2) is 0 Å². The van der Waals surface area contributed by atoms with Gasteiger partial charge in [-0.1, -0.05) is 6.07 Å². The second kappa shape index (κ2) is 7.15. The van der Waals surface area contributed by atoms with Gasteiger partial charge in [0.1, 0.15) is 11.4 Å². The highest BCUT2D eigenvalue weighted by Crippen LogP contribution is 2.25. The molecule has 2 N–H and O–H groups in total. The second-order valence-corrected chi connectivity index (χ2v) is 6.32. The molecule has 0 radical (unpaired) electrons. The van der Waals surface area contributed by atoms with Crippen molar-refractivity contribution in [3.05, 3.63) is 24.3 Å². The summed E-state index contributed by atoms with van der Waals surface area (Å²) >= 11 is 1.44. The molecule has 0 aromatic heterocycles. The lowest BCUT2D eigenvalue weighted by molar-refractivity contribution is -0.137. The van der Waals surface area contributed by atoms with Crippen molar-refractivity contribution in [1.82, 2.24) is 4.90 Å². The van der Waals surface area contributed by atoms with E-state index in [0.29, 0.717) is 25.1 Å². The van der Waals surface area contributed by atoms with Crippen LogP contribution >= 0.6 is 11.8 Å². The Morgan fingerprint density at radius 1 is 1.52 bits per heavy atom. The largest absolute Gasteiger partial charge is 0.497 e. The first-order valence-corrected chi connectivity index (χ1v) is 7.93. The van der Waals surface area contributed by atoms with E-state index in [1.807, 2.05) is 24.3 Å². The Labute approximate surface area is 128 Å². The topological polar surface area (TPSA) is 70.0 Å². The number of hydrogen-bond donors (Lipinski definition) is 2. The standard InChI is InChI=1S/C15H21NO4S/c1-20-12-4-2-5-13(8-12)21-9-14(18)16-7-3-6-15(19,10-16)11-17/h2,4-5,8,17,19H,3,6-7,9-11H2,1H3/t15-/m0/s1. The SMILES string of the molecule is COc1cccc(SCC(=O)N2CCC[C@@](O)(CO)C2)c1. The van der Waals surface area contributed by atoms with Crippen LogP contribution in [0.2, 0.25) is 0 Å². The summed E-state index contributed by atoms with van der Waals surface area (Å²) in [5.74, 6) is 1.06. The number of β-amino-alcohol motifs (C(OH)–C–C–N with tert-alkyl or cyclic N) is 1. The van der Waals surface area contributed by atoms with Crippen molar-refractivity contribution in [2.45, 2.75) is 23.3 Å². The molecule has 0 aliphatic carbocycles. The van der Waals surface area contributed by atoms with Gasteiger partial charge in [-0.15, -0.1) is 11.8 Å². The molecule has 2 rings (SSSR count). The van der Waals surface area contributed by atoms with Crippen LogP contribution in [0.15, 0.2) is 29.2 Å². The van der Waals surface area contributed by atoms with E-state index < -0.39 is 5.60 Å². The van der Waals surface area contributed by atoms with Crippen molar-refractivity contribution in [2.75, 3.05) is 32.6 Å². The molecule has 1 saturated heterocycles. The third kappa shape index (κ3) is 4.36. The summed E-state index contributed by atoms with van der Waals surface area (Å²) in [4.78, 5) is 14.8. The van der Waals surface area contributed by atoms with E-state index in [1.54, 1.807) is 12.0 Å². The zero-order chi connectivity index (χ0) is 15.3. The Balaban J connectivity index is 1.89. The van der Waals surface area contributed by atoms with Crippen molar-refractivity contribution >= 4 is 17.7 Å². The number of aliphatic hydroxyl groups is 2. The quantitative estimate of drug-likeness (QED) is 0.798. The summed E-state index contributed by atoms with van der Waals surface area (Å²) in [7, 11) is 1.61. The summed E-state index contributed by atoms with van der Waals surface area (Å²) in [6, 6.07) is 7.56. The van der Waals surface area contributed by atoms with Crippen LogP contribution in [0.5, 0.6) is 5.75 Å². The number of nitrogens with zero attached hydrogens (tertiary/aromatic N) is 1. The number of methoxy groups -OCH3 is 1. The van der Waals surface area contributed by atoms with Crippen LogP contribution in [0.1, 0.15) is 12.8 Å². The molecule has 1 atom stereocenters. The maximum Gasteiger partial charge on any atom is 0.233 e. The van der Waals surface area contributed by atoms with Crippen molar-refractivity contribution in [3.63, 3.8) is 0 Å². The molecule has 6 heteroatoms. The Morgan fingerprint density at radius 2 is 2.33 bits per heavy atom. The van der Waals surface area contributed by atoms with Crippen LogP contribution in [0.25, 0.3) is 0 Å². The first-order chi connectivity index (χ1) is 10.1. The van der Waals surface area contributed by atoms with Gasteiger partial charge in [0.15, 0.2) is 0 Å². The summed E-state index contributed by atoms with van der Waals surface area (Å²) < 4.78 is 5.15. The van der Waals surface area contributed by atoms with Crippen LogP contribution < -0.4 is 4.74 Å². The lowest BCUT2D eigenvalue weighted by Crippen LogP contribution is -2.52. The predicted molar refractivity (Wildman–Crippen MR) is 81.6 cm³/mol. The average molecular weight is 311 g/mol. The number of piperidine rings is 1. The molecule has 1 heterocycles. The fourth-order valence-electron chi connectivity index (χ4n) is 2.38. The Hall–Kier alpha value is -1.24. The molecular formula is C15H21NO4S. The van der Waals surface area contributed by atoms with E-state index in [9.17, 15) is 15.0 Å². The molecule has 0 spiro atoms. The minimum Gasteiger partial charge on any atom is -0.497 e. The number of hydrogen-bond acceptors (Lipinski definition) is 5. The smallest absolute Gasteiger partial charge is 0.233 e. The average Bonchev–Trinajstić information content (AvgIpc) is 2.53. The zero-order valence-corrected chi connectivity index (χ0v) is 12.9. The highest BCUT2D eigenvalue weighted by molar-refractivity contribution is 8.00. The molecule has 1 aliphatic heterocycles. The predicted octanol–water partition coefficient (Wildman–Crippen LogP) is 1.13. The summed E-state index contributed by atoms with van der Waals surface area (Å²) in [6.07, 6.45) is 1.25. The van der Waals surface area contributed by atoms with Gasteiger partial charge in [0.25, 0.3) is 0 Å². The van der Waals surface area contributed by atoms with Gasteiger partial charge in [-0.05, 0) is 31.0 Å². The molecule has 0 saturated carbocycles. The second-order valence-electron chi connectivity index (χ2n) is 5.27. The number of thioether (sulfide) groups is 1. The van der Waals surface area contributed by atoms with Crippen molar-refractivity contribution < 1.29 is 19.7 Å². The summed E-state index contributed by atoms with van der Waals surface area (Å²) in [6.45, 7) is 0.542. The van der Waals surface area contributed by atoms with Crippen molar-refractivity contribution in [3.8, 4) is 5.75 Å². The molecule has 116 valence electrons. The molecule has 1 amide bonds. The van der Waals surface area contributed by atoms with Gasteiger partial charge < -0.3 is 19.8 Å². The number of likely N-dealkylation sites (tertiary alicyclic amines) is 1. The molecule has 0 unspecified atom stereocenters. The third-order valence-electron chi connectivity index (χ3n) is 3.61. The van der Waals surface area contributed by atoms with Crippen LogP contribution in [0.3, 0.4) is 0 Å². The molecule has 21 heavy (non-hydrogen) atoms. The minimum atomic E-state index is -1.14. The van der Waals surface area contributed by atoms with Crippen molar-refractivity contribution in [2.24, 2.45) is 0 Å². The molecule has 5 nitrogen and oxygen atoms in total. The Kier molecular flexibility index (Phi) is 5.50. The van der Waals surface area contributed by atoms with Gasteiger partial charge in [-0.2, -0.15) is 0 Å². The first-order valence-electron chi connectivity index (χ1n) is 6.94. The highest BCUT2D eigenvalue weighted by Gasteiger charge is 2.34. The van der Waals surface area contributed by atoms with Crippen molar-refractivity contribution in [1.29, 1.82) is 0 Å². The zero-order valence-electron chi connectivity index (χ0n) is 12.1. The van der Waals surface area contributed by atoms with Crippen LogP contribution in [-0.2, 0) is 4.79 Å². The van der Waals surface area contributed by atoms with E-state index in [0.717, 1.165) is 10.6 Å². The van der Waals surface area contributed by atoms with E-state index in [2.05, 4.69) is 0 Å². The Morgan fingerprint density at radius 3 is 3.05 bits per heavy atom. The molecule has 1 aliphatic rings. The van der Waals surface area contributed by atoms with Gasteiger partial charge >= 0.3 is 0 Å². The van der Waals surface area contributed by atoms with E-state index >= 15 is 0 Å². The number of aliphatic hydroxyl groups excluding tert-OH is 1. The van der Waals surface area contributed by atoms with Gasteiger partial charge in [-0.3, -0.25) is 4.79 Å². The summed E-state index contributed by atoms with van der Waals surface area (Å²) in [5, 5.41) is 19.3. The fraction of sp³-hybridized carbons (Fsp3) is 0.533.